The van der Waals surface area contributed by atoms with Crippen molar-refractivity contribution in [3.8, 4) is 0 Å². The van der Waals surface area contributed by atoms with E-state index in [0.29, 0.717) is 23.1 Å². The first kappa shape index (κ1) is 9.92. The van der Waals surface area contributed by atoms with E-state index in [1.807, 2.05) is 6.92 Å². The van der Waals surface area contributed by atoms with Crippen LogP contribution in [0.2, 0.25) is 0 Å². The van der Waals surface area contributed by atoms with E-state index < -0.39 is 0 Å². The van der Waals surface area contributed by atoms with Crippen LogP contribution >= 0.6 is 12.2 Å². The largest absolute Gasteiger partial charge is 0.465 e. The summed E-state index contributed by atoms with van der Waals surface area (Å²) in [7, 11) is 0. The summed E-state index contributed by atoms with van der Waals surface area (Å²) >= 11 is 5.01. The van der Waals surface area contributed by atoms with Gasteiger partial charge in [0.1, 0.15) is 11.5 Å². The van der Waals surface area contributed by atoms with Crippen molar-refractivity contribution in [1.82, 2.24) is 10.2 Å². The molecule has 0 radical (unpaired) electrons. The van der Waals surface area contributed by atoms with Crippen molar-refractivity contribution in [2.24, 2.45) is 0 Å². The van der Waals surface area contributed by atoms with Crippen molar-refractivity contribution < 1.29 is 9.21 Å². The lowest BCUT2D eigenvalue weighted by molar-refractivity contribution is -0.122. The maximum atomic E-state index is 11.7. The summed E-state index contributed by atoms with van der Waals surface area (Å²) in [5.74, 6) is 0.519. The zero-order valence-electron chi connectivity index (χ0n) is 8.19. The molecule has 78 valence electrons. The average molecular weight is 222 g/mol. The second-order valence-corrected chi connectivity index (χ2v) is 3.44. The molecule has 1 aliphatic rings. The highest BCUT2D eigenvalue weighted by Gasteiger charge is 2.29. The lowest BCUT2D eigenvalue weighted by Gasteiger charge is -2.08. The lowest BCUT2D eigenvalue weighted by atomic mass is 10.3. The number of carbonyl (C=O) groups is 1. The van der Waals surface area contributed by atoms with Gasteiger partial charge in [0, 0.05) is 12.6 Å². The minimum Gasteiger partial charge on any atom is -0.465 e. The summed E-state index contributed by atoms with van der Waals surface area (Å²) in [5.41, 5.74) is 0.455. The highest BCUT2D eigenvalue weighted by atomic mass is 32.1. The smallest absolute Gasteiger partial charge is 0.276 e. The van der Waals surface area contributed by atoms with Gasteiger partial charge in [-0.2, -0.15) is 0 Å². The van der Waals surface area contributed by atoms with Crippen molar-refractivity contribution in [3.05, 3.63) is 29.9 Å². The number of thiocarbonyl (C=S) groups is 1. The average Bonchev–Trinajstić information content (AvgIpc) is 2.78. The number of furan rings is 1. The minimum absolute atomic E-state index is 0.112. The fourth-order valence-corrected chi connectivity index (χ4v) is 1.70. The zero-order chi connectivity index (χ0) is 10.8. The summed E-state index contributed by atoms with van der Waals surface area (Å²) in [4.78, 5) is 13.2. The summed E-state index contributed by atoms with van der Waals surface area (Å²) in [5, 5.41) is 3.30. The summed E-state index contributed by atoms with van der Waals surface area (Å²) in [6.07, 6.45) is 3.20. The Hall–Kier alpha value is -1.62. The van der Waals surface area contributed by atoms with Crippen LogP contribution in [0.4, 0.5) is 0 Å². The van der Waals surface area contributed by atoms with Gasteiger partial charge in [-0.3, -0.25) is 9.69 Å². The standard InChI is InChI=1S/C10H10N2O2S/c1-2-12-9(13)8(11-10(12)15)6-7-4-3-5-14-7/h3-6H,2H2,1H3,(H,11,15). The van der Waals surface area contributed by atoms with Crippen LogP contribution in [0.5, 0.6) is 0 Å². The van der Waals surface area contributed by atoms with Gasteiger partial charge in [0.15, 0.2) is 5.11 Å². The van der Waals surface area contributed by atoms with E-state index in [-0.39, 0.29) is 5.91 Å². The number of hydrogen-bond donors (Lipinski definition) is 1. The molecule has 15 heavy (non-hydrogen) atoms. The normalized spacial score (nSPS) is 18.7. The Labute approximate surface area is 92.5 Å². The highest BCUT2D eigenvalue weighted by molar-refractivity contribution is 7.80. The highest BCUT2D eigenvalue weighted by Crippen LogP contribution is 2.13. The third-order valence-corrected chi connectivity index (χ3v) is 2.43. The summed E-state index contributed by atoms with van der Waals surface area (Å²) in [6.45, 7) is 2.45. The third kappa shape index (κ3) is 1.78. The van der Waals surface area contributed by atoms with Crippen LogP contribution in [0.3, 0.4) is 0 Å². The van der Waals surface area contributed by atoms with Crippen LogP contribution in [0.15, 0.2) is 28.5 Å². The maximum Gasteiger partial charge on any atom is 0.276 e. The monoisotopic (exact) mass is 222 g/mol. The van der Waals surface area contributed by atoms with Crippen LogP contribution < -0.4 is 5.32 Å². The molecule has 1 saturated heterocycles. The van der Waals surface area contributed by atoms with Crippen LogP contribution in [0, 0.1) is 0 Å². The van der Waals surface area contributed by atoms with E-state index >= 15 is 0 Å². The molecule has 1 aromatic heterocycles. The molecule has 5 heteroatoms. The number of rotatable bonds is 2. The molecule has 0 spiro atoms. The molecule has 1 N–H and O–H groups in total. The molecule has 2 rings (SSSR count). The molecule has 1 fully saturated rings. The molecule has 0 aromatic carbocycles. The first-order valence-corrected chi connectivity index (χ1v) is 5.01. The Morgan fingerprint density at radius 2 is 2.47 bits per heavy atom. The number of nitrogens with one attached hydrogen (secondary N) is 1. The number of likely N-dealkylation sites (N-methyl/N-ethyl adjacent to an activating group) is 1. The fraction of sp³-hybridized carbons (Fsp3) is 0.200. The van der Waals surface area contributed by atoms with E-state index in [4.69, 9.17) is 16.6 Å². The Morgan fingerprint density at radius 3 is 3.00 bits per heavy atom. The molecule has 0 aliphatic carbocycles. The number of nitrogens with zero attached hydrogens (tertiary/aromatic N) is 1. The molecule has 0 bridgehead atoms. The second kappa shape index (κ2) is 3.86. The van der Waals surface area contributed by atoms with Gasteiger partial charge in [-0.15, -0.1) is 0 Å². The van der Waals surface area contributed by atoms with Crippen LogP contribution in [-0.4, -0.2) is 22.5 Å². The van der Waals surface area contributed by atoms with Crippen molar-refractivity contribution >= 4 is 29.3 Å². The molecule has 0 saturated carbocycles. The van der Waals surface area contributed by atoms with Gasteiger partial charge in [0.2, 0.25) is 0 Å². The molecule has 0 unspecified atom stereocenters. The van der Waals surface area contributed by atoms with Gasteiger partial charge in [0.05, 0.1) is 6.26 Å². The van der Waals surface area contributed by atoms with E-state index in [1.165, 1.54) is 4.90 Å². The van der Waals surface area contributed by atoms with Gasteiger partial charge >= 0.3 is 0 Å². The van der Waals surface area contributed by atoms with Crippen LogP contribution in [0.25, 0.3) is 6.08 Å². The van der Waals surface area contributed by atoms with Crippen molar-refractivity contribution in [2.45, 2.75) is 6.92 Å². The Morgan fingerprint density at radius 1 is 1.67 bits per heavy atom. The van der Waals surface area contributed by atoms with Crippen molar-refractivity contribution in [2.75, 3.05) is 6.54 Å². The van der Waals surface area contributed by atoms with Gasteiger partial charge in [0.25, 0.3) is 5.91 Å². The Kier molecular flexibility index (Phi) is 2.55. The third-order valence-electron chi connectivity index (χ3n) is 2.11. The first-order valence-electron chi connectivity index (χ1n) is 4.60. The molecule has 2 heterocycles. The quantitative estimate of drug-likeness (QED) is 0.606. The van der Waals surface area contributed by atoms with E-state index in [1.54, 1.807) is 24.5 Å². The summed E-state index contributed by atoms with van der Waals surface area (Å²) in [6, 6.07) is 3.54. The van der Waals surface area contributed by atoms with E-state index in [9.17, 15) is 4.79 Å². The molecule has 1 aromatic rings. The predicted molar refractivity (Wildman–Crippen MR) is 59.8 cm³/mol. The maximum absolute atomic E-state index is 11.7. The second-order valence-electron chi connectivity index (χ2n) is 3.05. The summed E-state index contributed by atoms with van der Waals surface area (Å²) < 4.78 is 5.12. The first-order chi connectivity index (χ1) is 7.22. The topological polar surface area (TPSA) is 45.5 Å². The zero-order valence-corrected chi connectivity index (χ0v) is 9.00. The van der Waals surface area contributed by atoms with Gasteiger partial charge in [-0.1, -0.05) is 0 Å². The predicted octanol–water partition coefficient (Wildman–Crippen LogP) is 1.36. The van der Waals surface area contributed by atoms with Crippen molar-refractivity contribution in [1.29, 1.82) is 0 Å². The molecular formula is C10H10N2O2S. The Bertz CT molecular complexity index is 423. The molecule has 0 atom stereocenters. The van der Waals surface area contributed by atoms with Gasteiger partial charge < -0.3 is 9.73 Å². The lowest BCUT2D eigenvalue weighted by Crippen LogP contribution is -2.30. The molecular weight excluding hydrogens is 212 g/mol. The number of carbonyl (C=O) groups excluding carboxylic acids is 1. The number of amides is 1. The van der Waals surface area contributed by atoms with Crippen LogP contribution in [-0.2, 0) is 4.79 Å². The SMILES string of the molecule is CCN1C(=O)C(=Cc2ccco2)NC1=S. The minimum atomic E-state index is -0.112. The molecule has 1 aliphatic heterocycles. The van der Waals surface area contributed by atoms with E-state index in [0.717, 1.165) is 0 Å². The molecule has 1 amide bonds. The Balaban J connectivity index is 2.26. The van der Waals surface area contributed by atoms with Gasteiger partial charge in [-0.25, -0.2) is 0 Å². The number of hydrogen-bond acceptors (Lipinski definition) is 3. The van der Waals surface area contributed by atoms with Crippen molar-refractivity contribution in [3.63, 3.8) is 0 Å². The van der Waals surface area contributed by atoms with Crippen LogP contribution in [0.1, 0.15) is 12.7 Å². The van der Waals surface area contributed by atoms with Gasteiger partial charge in [-0.05, 0) is 31.3 Å². The molecule has 4 nitrogen and oxygen atoms in total. The van der Waals surface area contributed by atoms with E-state index in [2.05, 4.69) is 5.32 Å². The fourth-order valence-electron chi connectivity index (χ4n) is 1.37.